The summed E-state index contributed by atoms with van der Waals surface area (Å²) in [5.74, 6) is 0. The lowest BCUT2D eigenvalue weighted by Crippen LogP contribution is -2.18. The van der Waals surface area contributed by atoms with E-state index < -0.39 is 0 Å². The van der Waals surface area contributed by atoms with Crippen molar-refractivity contribution in [3.8, 4) is 0 Å². The quantitative estimate of drug-likeness (QED) is 0.897. The molecule has 0 fully saturated rings. The summed E-state index contributed by atoms with van der Waals surface area (Å²) in [5.41, 5.74) is 2.76. The van der Waals surface area contributed by atoms with E-state index >= 15 is 0 Å². The molecule has 2 aromatic rings. The molecular formula is C11H12BrNS2. The Morgan fingerprint density at radius 1 is 1.33 bits per heavy atom. The highest BCUT2D eigenvalue weighted by Gasteiger charge is 2.13. The third-order valence-corrected chi connectivity index (χ3v) is 4.87. The summed E-state index contributed by atoms with van der Waals surface area (Å²) in [4.78, 5) is 0. The zero-order valence-corrected chi connectivity index (χ0v) is 11.6. The molecule has 0 aromatic carbocycles. The summed E-state index contributed by atoms with van der Waals surface area (Å²) < 4.78 is 1.21. The maximum Gasteiger partial charge on any atom is 0.0378 e. The zero-order chi connectivity index (χ0) is 10.7. The number of hydrogen-bond acceptors (Lipinski definition) is 3. The number of hydrogen-bond donors (Lipinski definition) is 1. The lowest BCUT2D eigenvalue weighted by molar-refractivity contribution is 0.592. The molecule has 1 unspecified atom stereocenters. The number of rotatable bonds is 4. The van der Waals surface area contributed by atoms with Crippen molar-refractivity contribution in [2.45, 2.75) is 12.5 Å². The van der Waals surface area contributed by atoms with Crippen LogP contribution in [0, 0.1) is 0 Å². The molecular weight excluding hydrogens is 290 g/mol. The standard InChI is InChI=1S/C11H12BrNS2/c1-13-11(4-8-2-3-14-5-8)9-6-15-7-10(9)12/h2-3,5-7,11,13H,4H2,1H3. The first-order valence-electron chi connectivity index (χ1n) is 4.71. The highest BCUT2D eigenvalue weighted by molar-refractivity contribution is 9.10. The normalized spacial score (nSPS) is 12.9. The van der Waals surface area contributed by atoms with Crippen LogP contribution in [0.3, 0.4) is 0 Å². The predicted molar refractivity (Wildman–Crippen MR) is 71.8 cm³/mol. The number of likely N-dealkylation sites (N-methyl/N-ethyl adjacent to an activating group) is 1. The van der Waals surface area contributed by atoms with Gasteiger partial charge in [0.15, 0.2) is 0 Å². The molecule has 80 valence electrons. The number of thiophene rings is 2. The molecule has 0 spiro atoms. The smallest absolute Gasteiger partial charge is 0.0378 e. The molecule has 0 aliphatic rings. The van der Waals surface area contributed by atoms with Crippen molar-refractivity contribution in [1.82, 2.24) is 5.32 Å². The minimum absolute atomic E-state index is 0.403. The van der Waals surface area contributed by atoms with Gasteiger partial charge < -0.3 is 5.32 Å². The Morgan fingerprint density at radius 3 is 2.73 bits per heavy atom. The molecule has 0 saturated carbocycles. The average molecular weight is 302 g/mol. The molecule has 4 heteroatoms. The second-order valence-corrected chi connectivity index (χ2v) is 5.73. The molecule has 2 aromatic heterocycles. The predicted octanol–water partition coefficient (Wildman–Crippen LogP) is 4.08. The van der Waals surface area contributed by atoms with Crippen LogP contribution in [0.2, 0.25) is 0 Å². The van der Waals surface area contributed by atoms with Gasteiger partial charge in [-0.1, -0.05) is 0 Å². The van der Waals surface area contributed by atoms with Gasteiger partial charge in [0.05, 0.1) is 0 Å². The largest absolute Gasteiger partial charge is 0.313 e. The second kappa shape index (κ2) is 5.25. The number of halogens is 1. The van der Waals surface area contributed by atoms with Crippen LogP contribution in [0.5, 0.6) is 0 Å². The highest BCUT2D eigenvalue weighted by Crippen LogP contribution is 2.29. The molecule has 2 rings (SSSR count). The molecule has 1 atom stereocenters. The molecule has 0 aliphatic heterocycles. The highest BCUT2D eigenvalue weighted by atomic mass is 79.9. The summed E-state index contributed by atoms with van der Waals surface area (Å²) in [6.07, 6.45) is 1.05. The molecule has 0 aliphatic carbocycles. The van der Waals surface area contributed by atoms with Gasteiger partial charge >= 0.3 is 0 Å². The topological polar surface area (TPSA) is 12.0 Å². The molecule has 0 bridgehead atoms. The van der Waals surface area contributed by atoms with Crippen molar-refractivity contribution in [3.05, 3.63) is 43.2 Å². The van der Waals surface area contributed by atoms with Crippen LogP contribution in [0.25, 0.3) is 0 Å². The minimum Gasteiger partial charge on any atom is -0.313 e. The van der Waals surface area contributed by atoms with E-state index in [1.807, 2.05) is 7.05 Å². The third kappa shape index (κ3) is 2.69. The minimum atomic E-state index is 0.403. The van der Waals surface area contributed by atoms with E-state index in [0.29, 0.717) is 6.04 Å². The van der Waals surface area contributed by atoms with Gasteiger partial charge in [0.25, 0.3) is 0 Å². The molecule has 0 radical (unpaired) electrons. The van der Waals surface area contributed by atoms with E-state index in [1.54, 1.807) is 22.7 Å². The van der Waals surface area contributed by atoms with Crippen molar-refractivity contribution in [1.29, 1.82) is 0 Å². The Labute approximate surface area is 106 Å². The van der Waals surface area contributed by atoms with E-state index in [9.17, 15) is 0 Å². The third-order valence-electron chi connectivity index (χ3n) is 2.39. The Balaban J connectivity index is 2.15. The first-order valence-corrected chi connectivity index (χ1v) is 7.39. The SMILES string of the molecule is CNC(Cc1ccsc1)c1cscc1Br. The van der Waals surface area contributed by atoms with E-state index in [-0.39, 0.29) is 0 Å². The van der Waals surface area contributed by atoms with Crippen LogP contribution < -0.4 is 5.32 Å². The van der Waals surface area contributed by atoms with Gasteiger partial charge in [0.1, 0.15) is 0 Å². The van der Waals surface area contributed by atoms with E-state index in [2.05, 4.69) is 48.8 Å². The second-order valence-electron chi connectivity index (χ2n) is 3.35. The zero-order valence-electron chi connectivity index (χ0n) is 8.37. The van der Waals surface area contributed by atoms with Crippen molar-refractivity contribution in [2.75, 3.05) is 7.05 Å². The molecule has 2 heterocycles. The summed E-state index contributed by atoms with van der Waals surface area (Å²) in [6, 6.07) is 2.59. The Bertz CT molecular complexity index is 408. The van der Waals surface area contributed by atoms with E-state index in [0.717, 1.165) is 6.42 Å². The van der Waals surface area contributed by atoms with Gasteiger partial charge in [-0.05, 0) is 62.7 Å². The van der Waals surface area contributed by atoms with Gasteiger partial charge in [-0.3, -0.25) is 0 Å². The van der Waals surface area contributed by atoms with Gasteiger partial charge in [-0.25, -0.2) is 0 Å². The maximum atomic E-state index is 3.58. The van der Waals surface area contributed by atoms with Crippen LogP contribution in [0.15, 0.2) is 32.1 Å². The molecule has 0 saturated heterocycles. The molecule has 15 heavy (non-hydrogen) atoms. The fourth-order valence-corrected chi connectivity index (χ4v) is 3.86. The van der Waals surface area contributed by atoms with Crippen molar-refractivity contribution in [2.24, 2.45) is 0 Å². The Hall–Kier alpha value is -0.160. The van der Waals surface area contributed by atoms with Crippen molar-refractivity contribution >= 4 is 38.6 Å². The average Bonchev–Trinajstić information content (AvgIpc) is 2.85. The Kier molecular flexibility index (Phi) is 3.97. The van der Waals surface area contributed by atoms with E-state index in [1.165, 1.54) is 15.6 Å². The van der Waals surface area contributed by atoms with Crippen LogP contribution in [0.1, 0.15) is 17.2 Å². The lowest BCUT2D eigenvalue weighted by atomic mass is 10.0. The molecule has 1 nitrogen and oxygen atoms in total. The van der Waals surface area contributed by atoms with Crippen molar-refractivity contribution in [3.63, 3.8) is 0 Å². The maximum absolute atomic E-state index is 3.58. The summed E-state index contributed by atoms with van der Waals surface area (Å²) in [7, 11) is 2.02. The summed E-state index contributed by atoms with van der Waals surface area (Å²) in [5, 5.41) is 12.0. The first-order chi connectivity index (χ1) is 7.31. The monoisotopic (exact) mass is 301 g/mol. The van der Waals surface area contributed by atoms with Gasteiger partial charge in [-0.2, -0.15) is 22.7 Å². The van der Waals surface area contributed by atoms with Crippen LogP contribution in [-0.4, -0.2) is 7.05 Å². The van der Waals surface area contributed by atoms with E-state index in [4.69, 9.17) is 0 Å². The van der Waals surface area contributed by atoms with Crippen LogP contribution in [0.4, 0.5) is 0 Å². The van der Waals surface area contributed by atoms with Gasteiger partial charge in [-0.15, -0.1) is 0 Å². The van der Waals surface area contributed by atoms with Gasteiger partial charge in [0.2, 0.25) is 0 Å². The number of nitrogens with one attached hydrogen (secondary N) is 1. The lowest BCUT2D eigenvalue weighted by Gasteiger charge is -2.14. The fourth-order valence-electron chi connectivity index (χ4n) is 1.55. The Morgan fingerprint density at radius 2 is 2.20 bits per heavy atom. The summed E-state index contributed by atoms with van der Waals surface area (Å²) >= 11 is 7.08. The summed E-state index contributed by atoms with van der Waals surface area (Å²) in [6.45, 7) is 0. The van der Waals surface area contributed by atoms with Gasteiger partial charge in [0, 0.05) is 15.9 Å². The van der Waals surface area contributed by atoms with Crippen LogP contribution in [-0.2, 0) is 6.42 Å². The molecule has 0 amide bonds. The van der Waals surface area contributed by atoms with Crippen molar-refractivity contribution < 1.29 is 0 Å². The van der Waals surface area contributed by atoms with Crippen LogP contribution >= 0.6 is 38.6 Å². The molecule has 1 N–H and O–H groups in total. The first kappa shape index (κ1) is 11.3. The fraction of sp³-hybridized carbons (Fsp3) is 0.273.